The van der Waals surface area contributed by atoms with Crippen molar-refractivity contribution in [3.63, 3.8) is 0 Å². The minimum Gasteiger partial charge on any atom is -0.496 e. The average molecular weight is 430 g/mol. The lowest BCUT2D eigenvalue weighted by molar-refractivity contribution is -0.185. The standard InChI is InChI=1S/C26H22O6/c1-16-12-19(9-11-21(16)29-2)26(28)20(13-17-6-4-3-5-7-17)24(25(27)32-26)18-8-10-22-23(14-18)31-15-30-22/h3-12,14,28H,13,15H2,1-2H3. The van der Waals surface area contributed by atoms with E-state index in [4.69, 9.17) is 18.9 Å². The first-order chi connectivity index (χ1) is 15.5. The monoisotopic (exact) mass is 430 g/mol. The van der Waals surface area contributed by atoms with Gasteiger partial charge in [0.05, 0.1) is 12.7 Å². The van der Waals surface area contributed by atoms with Gasteiger partial charge in [-0.3, -0.25) is 0 Å². The van der Waals surface area contributed by atoms with E-state index >= 15 is 0 Å². The number of benzene rings is 3. The molecule has 6 nitrogen and oxygen atoms in total. The molecule has 0 radical (unpaired) electrons. The van der Waals surface area contributed by atoms with Gasteiger partial charge in [0.15, 0.2) is 11.5 Å². The molecule has 0 bridgehead atoms. The number of methoxy groups -OCH3 is 1. The fraction of sp³-hybridized carbons (Fsp3) is 0.192. The molecule has 1 atom stereocenters. The molecule has 2 aliphatic heterocycles. The molecular formula is C26H22O6. The molecule has 3 aromatic rings. The first-order valence-corrected chi connectivity index (χ1v) is 10.3. The molecule has 3 aromatic carbocycles. The number of rotatable bonds is 5. The molecule has 0 amide bonds. The molecule has 0 aromatic heterocycles. The second-order valence-electron chi connectivity index (χ2n) is 7.80. The van der Waals surface area contributed by atoms with E-state index in [2.05, 4.69) is 0 Å². The summed E-state index contributed by atoms with van der Waals surface area (Å²) in [6.07, 6.45) is 0.331. The van der Waals surface area contributed by atoms with Crippen molar-refractivity contribution in [2.24, 2.45) is 0 Å². The highest BCUT2D eigenvalue weighted by atomic mass is 16.7. The molecule has 0 saturated carbocycles. The molecule has 1 N–H and O–H groups in total. The maximum Gasteiger partial charge on any atom is 0.342 e. The summed E-state index contributed by atoms with van der Waals surface area (Å²) < 4.78 is 21.9. The van der Waals surface area contributed by atoms with E-state index in [1.54, 1.807) is 43.5 Å². The average Bonchev–Trinajstić information content (AvgIpc) is 3.36. The van der Waals surface area contributed by atoms with Gasteiger partial charge in [-0.25, -0.2) is 4.79 Å². The molecule has 6 heteroatoms. The van der Waals surface area contributed by atoms with E-state index in [0.717, 1.165) is 11.1 Å². The molecule has 5 rings (SSSR count). The van der Waals surface area contributed by atoms with E-state index < -0.39 is 11.8 Å². The van der Waals surface area contributed by atoms with Crippen molar-refractivity contribution in [3.8, 4) is 17.2 Å². The summed E-state index contributed by atoms with van der Waals surface area (Å²) in [5.41, 5.74) is 3.63. The van der Waals surface area contributed by atoms with Crippen molar-refractivity contribution in [1.82, 2.24) is 0 Å². The Bertz CT molecular complexity index is 1230. The Kier molecular flexibility index (Phi) is 4.87. The molecule has 0 spiro atoms. The van der Waals surface area contributed by atoms with Crippen LogP contribution in [0.4, 0.5) is 0 Å². The molecule has 32 heavy (non-hydrogen) atoms. The summed E-state index contributed by atoms with van der Waals surface area (Å²) in [6.45, 7) is 2.01. The number of hydrogen-bond donors (Lipinski definition) is 1. The molecule has 1 unspecified atom stereocenters. The molecule has 0 fully saturated rings. The number of carbonyl (C=O) groups is 1. The number of esters is 1. The third-order valence-corrected chi connectivity index (χ3v) is 5.83. The van der Waals surface area contributed by atoms with Gasteiger partial charge < -0.3 is 24.1 Å². The second kappa shape index (κ2) is 7.73. The zero-order valence-corrected chi connectivity index (χ0v) is 17.8. The van der Waals surface area contributed by atoms with Gasteiger partial charge in [-0.1, -0.05) is 36.4 Å². The number of hydrogen-bond acceptors (Lipinski definition) is 6. The summed E-state index contributed by atoms with van der Waals surface area (Å²) in [6, 6.07) is 20.2. The van der Waals surface area contributed by atoms with Crippen LogP contribution in [0.5, 0.6) is 17.2 Å². The van der Waals surface area contributed by atoms with E-state index in [0.29, 0.717) is 45.9 Å². The van der Waals surface area contributed by atoms with Crippen LogP contribution in [0.2, 0.25) is 0 Å². The second-order valence-corrected chi connectivity index (χ2v) is 7.80. The molecule has 0 saturated heterocycles. The Hall–Kier alpha value is -3.77. The number of aliphatic hydroxyl groups is 1. The Balaban J connectivity index is 1.68. The zero-order valence-electron chi connectivity index (χ0n) is 17.8. The number of aryl methyl sites for hydroxylation is 1. The number of ether oxygens (including phenoxy) is 4. The molecular weight excluding hydrogens is 408 g/mol. The highest BCUT2D eigenvalue weighted by Crippen LogP contribution is 2.46. The van der Waals surface area contributed by atoms with Gasteiger partial charge in [0.2, 0.25) is 6.79 Å². The third-order valence-electron chi connectivity index (χ3n) is 5.83. The summed E-state index contributed by atoms with van der Waals surface area (Å²) >= 11 is 0. The van der Waals surface area contributed by atoms with Gasteiger partial charge in [-0.2, -0.15) is 0 Å². The highest BCUT2D eigenvalue weighted by molar-refractivity contribution is 6.20. The van der Waals surface area contributed by atoms with Crippen molar-refractivity contribution < 1.29 is 28.8 Å². The van der Waals surface area contributed by atoms with Crippen LogP contribution in [-0.4, -0.2) is 25.0 Å². The minimum atomic E-state index is -1.91. The van der Waals surface area contributed by atoms with Crippen LogP contribution in [-0.2, 0) is 21.7 Å². The summed E-state index contributed by atoms with van der Waals surface area (Å²) in [5.74, 6) is -0.642. The summed E-state index contributed by atoms with van der Waals surface area (Å²) in [4.78, 5) is 13.1. The van der Waals surface area contributed by atoms with Crippen LogP contribution < -0.4 is 14.2 Å². The number of cyclic esters (lactones) is 1. The smallest absolute Gasteiger partial charge is 0.342 e. The van der Waals surface area contributed by atoms with Gasteiger partial charge in [-0.05, 0) is 53.9 Å². The van der Waals surface area contributed by atoms with Gasteiger partial charge in [0.25, 0.3) is 5.79 Å². The Morgan fingerprint density at radius 3 is 2.53 bits per heavy atom. The lowest BCUT2D eigenvalue weighted by Crippen LogP contribution is -2.30. The Labute approximate surface area is 185 Å². The van der Waals surface area contributed by atoms with Crippen LogP contribution in [0.25, 0.3) is 5.57 Å². The first-order valence-electron chi connectivity index (χ1n) is 10.3. The van der Waals surface area contributed by atoms with Gasteiger partial charge in [0, 0.05) is 17.6 Å². The third kappa shape index (κ3) is 3.29. The van der Waals surface area contributed by atoms with Crippen molar-refractivity contribution in [3.05, 3.63) is 94.6 Å². The molecule has 2 aliphatic rings. The van der Waals surface area contributed by atoms with E-state index in [1.165, 1.54) is 0 Å². The summed E-state index contributed by atoms with van der Waals surface area (Å²) in [5, 5.41) is 11.8. The van der Waals surface area contributed by atoms with Crippen LogP contribution in [0.3, 0.4) is 0 Å². The predicted molar refractivity (Wildman–Crippen MR) is 117 cm³/mol. The lowest BCUT2D eigenvalue weighted by atomic mass is 9.87. The lowest BCUT2D eigenvalue weighted by Gasteiger charge is -2.26. The van der Waals surface area contributed by atoms with Crippen molar-refractivity contribution >= 4 is 11.5 Å². The van der Waals surface area contributed by atoms with Gasteiger partial charge >= 0.3 is 5.97 Å². The fourth-order valence-corrected chi connectivity index (χ4v) is 4.21. The van der Waals surface area contributed by atoms with Gasteiger partial charge in [0.1, 0.15) is 5.75 Å². The van der Waals surface area contributed by atoms with Crippen LogP contribution in [0.1, 0.15) is 22.3 Å². The Morgan fingerprint density at radius 1 is 1.00 bits per heavy atom. The largest absolute Gasteiger partial charge is 0.496 e. The highest BCUT2D eigenvalue weighted by Gasteiger charge is 2.48. The molecule has 2 heterocycles. The SMILES string of the molecule is COc1ccc(C2(O)OC(=O)C(c3ccc4c(c3)OCO4)=C2Cc2ccccc2)cc1C. The fourth-order valence-electron chi connectivity index (χ4n) is 4.21. The maximum absolute atomic E-state index is 13.1. The normalized spacial score (nSPS) is 19.3. The molecule has 162 valence electrons. The van der Waals surface area contributed by atoms with Crippen LogP contribution in [0, 0.1) is 6.92 Å². The molecule has 0 aliphatic carbocycles. The number of fused-ring (bicyclic) bond motifs is 1. The Morgan fingerprint density at radius 2 is 1.78 bits per heavy atom. The van der Waals surface area contributed by atoms with Crippen molar-refractivity contribution in [1.29, 1.82) is 0 Å². The minimum absolute atomic E-state index is 0.133. The summed E-state index contributed by atoms with van der Waals surface area (Å²) in [7, 11) is 1.59. The topological polar surface area (TPSA) is 74.2 Å². The van der Waals surface area contributed by atoms with E-state index in [9.17, 15) is 9.90 Å². The van der Waals surface area contributed by atoms with Crippen LogP contribution >= 0.6 is 0 Å². The van der Waals surface area contributed by atoms with E-state index in [1.807, 2.05) is 37.3 Å². The van der Waals surface area contributed by atoms with E-state index in [-0.39, 0.29) is 6.79 Å². The van der Waals surface area contributed by atoms with Gasteiger partial charge in [-0.15, -0.1) is 0 Å². The van der Waals surface area contributed by atoms with Crippen molar-refractivity contribution in [2.75, 3.05) is 13.9 Å². The van der Waals surface area contributed by atoms with Crippen LogP contribution in [0.15, 0.2) is 72.3 Å². The first kappa shape index (κ1) is 20.2. The quantitative estimate of drug-likeness (QED) is 0.614. The van der Waals surface area contributed by atoms with Crippen molar-refractivity contribution in [2.45, 2.75) is 19.1 Å². The maximum atomic E-state index is 13.1. The zero-order chi connectivity index (χ0) is 22.3. The number of carbonyl (C=O) groups excluding carboxylic acids is 1. The predicted octanol–water partition coefficient (Wildman–Crippen LogP) is 4.13.